The van der Waals surface area contributed by atoms with Gasteiger partial charge in [0.1, 0.15) is 12.4 Å². The average molecular weight is 246 g/mol. The van der Waals surface area contributed by atoms with Crippen LogP contribution >= 0.6 is 0 Å². The molecule has 0 amide bonds. The summed E-state index contributed by atoms with van der Waals surface area (Å²) in [4.78, 5) is 5.57. The van der Waals surface area contributed by atoms with Crippen LogP contribution in [0, 0.1) is 0 Å². The number of rotatable bonds is 6. The van der Waals surface area contributed by atoms with Crippen LogP contribution in [0.1, 0.15) is 19.0 Å². The predicted molar refractivity (Wildman–Crippen MR) is 76.3 cm³/mol. The van der Waals surface area contributed by atoms with E-state index in [-0.39, 0.29) is 0 Å². The number of hydrogen-bond acceptors (Lipinski definition) is 2. The van der Waals surface area contributed by atoms with Crippen LogP contribution in [0.4, 0.5) is 0 Å². The number of nitrogens with one attached hydrogen (secondary N) is 1. The summed E-state index contributed by atoms with van der Waals surface area (Å²) < 4.78 is 5.86. The van der Waals surface area contributed by atoms with Crippen molar-refractivity contribution in [1.29, 1.82) is 0 Å². The Hall–Kier alpha value is -1.48. The highest BCUT2D eigenvalue weighted by atomic mass is 16.5. The average Bonchev–Trinajstić information content (AvgIpc) is 2.72. The molecule has 1 aromatic carbocycles. The fraction of sp³-hybridized carbons (Fsp3) is 0.467. The van der Waals surface area contributed by atoms with Crippen LogP contribution in [0.2, 0.25) is 0 Å². The van der Waals surface area contributed by atoms with Gasteiger partial charge >= 0.3 is 0 Å². The van der Waals surface area contributed by atoms with Crippen molar-refractivity contribution < 1.29 is 4.74 Å². The van der Waals surface area contributed by atoms with E-state index in [0.717, 1.165) is 31.7 Å². The number of fused-ring (bicyclic) bond motifs is 1. The van der Waals surface area contributed by atoms with Crippen LogP contribution in [-0.2, 0) is 6.42 Å². The summed E-state index contributed by atoms with van der Waals surface area (Å²) in [7, 11) is 4.11. The molecular formula is C15H22N2O. The molecule has 0 atom stereocenters. The van der Waals surface area contributed by atoms with E-state index >= 15 is 0 Å². The van der Waals surface area contributed by atoms with Gasteiger partial charge in [0.2, 0.25) is 0 Å². The van der Waals surface area contributed by atoms with Crippen molar-refractivity contribution in [2.24, 2.45) is 0 Å². The maximum absolute atomic E-state index is 5.86. The van der Waals surface area contributed by atoms with Gasteiger partial charge in [-0.2, -0.15) is 0 Å². The van der Waals surface area contributed by atoms with Crippen LogP contribution < -0.4 is 4.74 Å². The van der Waals surface area contributed by atoms with Gasteiger partial charge in [-0.25, -0.2) is 0 Å². The van der Waals surface area contributed by atoms with E-state index in [1.165, 1.54) is 16.6 Å². The standard InChI is InChI=1S/C15H22N2O/c1-4-6-12-11-13-14(16-12)7-5-8-15(13)18-10-9-17(2)3/h5,7-8,11,16H,4,6,9-10H2,1-3H3. The highest BCUT2D eigenvalue weighted by Crippen LogP contribution is 2.26. The van der Waals surface area contributed by atoms with Crippen molar-refractivity contribution in [3.8, 4) is 5.75 Å². The zero-order chi connectivity index (χ0) is 13.0. The lowest BCUT2D eigenvalue weighted by Gasteiger charge is -2.11. The molecule has 2 aromatic rings. The number of aromatic amines is 1. The van der Waals surface area contributed by atoms with Gasteiger partial charge in [0.05, 0.1) is 0 Å². The Morgan fingerprint density at radius 2 is 2.11 bits per heavy atom. The molecule has 3 nitrogen and oxygen atoms in total. The Morgan fingerprint density at radius 1 is 1.28 bits per heavy atom. The molecule has 1 aromatic heterocycles. The number of nitrogens with zero attached hydrogens (tertiary/aromatic N) is 1. The van der Waals surface area contributed by atoms with Gasteiger partial charge in [-0.1, -0.05) is 19.4 Å². The lowest BCUT2D eigenvalue weighted by molar-refractivity contribution is 0.263. The number of likely N-dealkylation sites (N-methyl/N-ethyl adjacent to an activating group) is 1. The zero-order valence-electron chi connectivity index (χ0n) is 11.5. The molecule has 1 N–H and O–H groups in total. The molecule has 0 fully saturated rings. The molecule has 0 unspecified atom stereocenters. The molecule has 0 aliphatic heterocycles. The van der Waals surface area contributed by atoms with E-state index in [1.54, 1.807) is 0 Å². The van der Waals surface area contributed by atoms with Crippen molar-refractivity contribution in [2.45, 2.75) is 19.8 Å². The second kappa shape index (κ2) is 5.91. The Balaban J connectivity index is 2.16. The van der Waals surface area contributed by atoms with E-state index in [0.29, 0.717) is 0 Å². The third-order valence-electron chi connectivity index (χ3n) is 3.00. The maximum atomic E-state index is 5.86. The molecule has 98 valence electrons. The molecule has 18 heavy (non-hydrogen) atoms. The fourth-order valence-electron chi connectivity index (χ4n) is 2.05. The van der Waals surface area contributed by atoms with Gasteiger partial charge in [-0.3, -0.25) is 0 Å². The van der Waals surface area contributed by atoms with Crippen LogP contribution in [0.25, 0.3) is 10.9 Å². The van der Waals surface area contributed by atoms with Gasteiger partial charge in [0.15, 0.2) is 0 Å². The number of H-pyrrole nitrogens is 1. The molecule has 0 saturated carbocycles. The summed E-state index contributed by atoms with van der Waals surface area (Å²) in [6.45, 7) is 3.85. The fourth-order valence-corrected chi connectivity index (χ4v) is 2.05. The SMILES string of the molecule is CCCc1cc2c(OCCN(C)C)cccc2[nH]1. The Kier molecular flexibility index (Phi) is 4.26. The first-order valence-electron chi connectivity index (χ1n) is 6.59. The van der Waals surface area contributed by atoms with Crippen molar-refractivity contribution in [2.75, 3.05) is 27.2 Å². The highest BCUT2D eigenvalue weighted by molar-refractivity contribution is 5.86. The number of benzene rings is 1. The van der Waals surface area contributed by atoms with E-state index in [9.17, 15) is 0 Å². The lowest BCUT2D eigenvalue weighted by Crippen LogP contribution is -2.19. The summed E-state index contributed by atoms with van der Waals surface area (Å²) in [6, 6.07) is 8.40. The second-order valence-electron chi connectivity index (χ2n) is 4.91. The molecule has 0 aliphatic rings. The largest absolute Gasteiger partial charge is 0.492 e. The van der Waals surface area contributed by atoms with E-state index in [4.69, 9.17) is 4.74 Å². The molecule has 1 heterocycles. The first-order chi connectivity index (χ1) is 8.70. The van der Waals surface area contributed by atoms with Gasteiger partial charge < -0.3 is 14.6 Å². The molecule has 0 aliphatic carbocycles. The van der Waals surface area contributed by atoms with Gasteiger partial charge in [-0.05, 0) is 38.7 Å². The first kappa shape index (κ1) is 13.0. The van der Waals surface area contributed by atoms with Crippen LogP contribution in [0.3, 0.4) is 0 Å². The zero-order valence-corrected chi connectivity index (χ0v) is 11.5. The van der Waals surface area contributed by atoms with Crippen molar-refractivity contribution in [3.63, 3.8) is 0 Å². The van der Waals surface area contributed by atoms with Crippen LogP contribution in [0.15, 0.2) is 24.3 Å². The number of aromatic nitrogens is 1. The summed E-state index contributed by atoms with van der Waals surface area (Å²) >= 11 is 0. The summed E-state index contributed by atoms with van der Waals surface area (Å²) in [5.74, 6) is 0.980. The number of aryl methyl sites for hydroxylation is 1. The molecule has 0 spiro atoms. The minimum atomic E-state index is 0.723. The molecule has 2 rings (SSSR count). The molecule has 0 radical (unpaired) electrons. The third kappa shape index (κ3) is 3.05. The van der Waals surface area contributed by atoms with Crippen molar-refractivity contribution in [3.05, 3.63) is 30.0 Å². The molecule has 3 heteroatoms. The lowest BCUT2D eigenvalue weighted by atomic mass is 10.2. The van der Waals surface area contributed by atoms with E-state index in [2.05, 4.69) is 43.0 Å². The topological polar surface area (TPSA) is 28.3 Å². The summed E-state index contributed by atoms with van der Waals surface area (Å²) in [5, 5.41) is 1.19. The monoisotopic (exact) mass is 246 g/mol. The normalized spacial score (nSPS) is 11.3. The summed E-state index contributed by atoms with van der Waals surface area (Å²) in [6.07, 6.45) is 2.25. The van der Waals surface area contributed by atoms with Gasteiger partial charge in [-0.15, -0.1) is 0 Å². The highest BCUT2D eigenvalue weighted by Gasteiger charge is 2.06. The minimum absolute atomic E-state index is 0.723. The molecular weight excluding hydrogens is 224 g/mol. The number of ether oxygens (including phenoxy) is 1. The molecule has 0 saturated heterocycles. The van der Waals surface area contributed by atoms with Crippen LogP contribution in [-0.4, -0.2) is 37.1 Å². The third-order valence-corrected chi connectivity index (χ3v) is 3.00. The van der Waals surface area contributed by atoms with Gasteiger partial charge in [0.25, 0.3) is 0 Å². The van der Waals surface area contributed by atoms with E-state index in [1.807, 2.05) is 12.1 Å². The maximum Gasteiger partial charge on any atom is 0.128 e. The van der Waals surface area contributed by atoms with E-state index < -0.39 is 0 Å². The molecule has 0 bridgehead atoms. The Bertz CT molecular complexity index is 502. The quantitative estimate of drug-likeness (QED) is 0.848. The van der Waals surface area contributed by atoms with Gasteiger partial charge in [0, 0.05) is 23.1 Å². The summed E-state index contributed by atoms with van der Waals surface area (Å²) in [5.41, 5.74) is 2.46. The number of hydrogen-bond donors (Lipinski definition) is 1. The van der Waals surface area contributed by atoms with Crippen LogP contribution in [0.5, 0.6) is 5.75 Å². The van der Waals surface area contributed by atoms with Crippen molar-refractivity contribution >= 4 is 10.9 Å². The predicted octanol–water partition coefficient (Wildman–Crippen LogP) is 3.06. The second-order valence-corrected chi connectivity index (χ2v) is 4.91. The minimum Gasteiger partial charge on any atom is -0.492 e. The Labute approximate surface area is 109 Å². The first-order valence-corrected chi connectivity index (χ1v) is 6.59. The van der Waals surface area contributed by atoms with Crippen molar-refractivity contribution in [1.82, 2.24) is 9.88 Å². The smallest absolute Gasteiger partial charge is 0.128 e. The Morgan fingerprint density at radius 3 is 2.83 bits per heavy atom.